The largest absolute Gasteiger partial charge is 0.320 e. The van der Waals surface area contributed by atoms with Crippen LogP contribution in [0.2, 0.25) is 5.02 Å². The number of nitrogens with one attached hydrogen (secondary N) is 2. The van der Waals surface area contributed by atoms with Crippen molar-refractivity contribution in [1.29, 1.82) is 0 Å². The molecule has 0 radical (unpaired) electrons. The third kappa shape index (κ3) is 3.31. The SMILES string of the molecule is NCC#Cc1ccc(Cl)cc1NC(=O)c1cn[nH]n1. The summed E-state index contributed by atoms with van der Waals surface area (Å²) in [5.74, 6) is 5.18. The molecule has 7 heteroatoms. The van der Waals surface area contributed by atoms with Gasteiger partial charge < -0.3 is 11.1 Å². The molecule has 6 nitrogen and oxygen atoms in total. The molecule has 2 rings (SSSR count). The molecule has 19 heavy (non-hydrogen) atoms. The second kappa shape index (κ2) is 6.00. The Morgan fingerprint density at radius 2 is 2.37 bits per heavy atom. The monoisotopic (exact) mass is 275 g/mol. The zero-order valence-corrected chi connectivity index (χ0v) is 10.5. The molecule has 0 aliphatic heterocycles. The average molecular weight is 276 g/mol. The van der Waals surface area contributed by atoms with Crippen LogP contribution in [-0.4, -0.2) is 27.9 Å². The lowest BCUT2D eigenvalue weighted by Gasteiger charge is -2.06. The number of nitrogens with two attached hydrogens (primary N) is 1. The Morgan fingerprint density at radius 1 is 1.53 bits per heavy atom. The number of hydrogen-bond donors (Lipinski definition) is 3. The van der Waals surface area contributed by atoms with Gasteiger partial charge in [-0.2, -0.15) is 15.4 Å². The number of carbonyl (C=O) groups excluding carboxylic acids is 1. The third-order valence-corrected chi connectivity index (χ3v) is 2.44. The van der Waals surface area contributed by atoms with Gasteiger partial charge in [0.1, 0.15) is 0 Å². The molecule has 0 saturated heterocycles. The van der Waals surface area contributed by atoms with Gasteiger partial charge in [0, 0.05) is 10.6 Å². The molecular formula is C12H10ClN5O. The quantitative estimate of drug-likeness (QED) is 0.713. The van der Waals surface area contributed by atoms with Crippen molar-refractivity contribution in [1.82, 2.24) is 15.4 Å². The predicted molar refractivity (Wildman–Crippen MR) is 71.7 cm³/mol. The van der Waals surface area contributed by atoms with Gasteiger partial charge in [-0.3, -0.25) is 4.79 Å². The molecular weight excluding hydrogens is 266 g/mol. The first-order chi connectivity index (χ1) is 9.20. The molecule has 0 aliphatic carbocycles. The maximum atomic E-state index is 11.9. The number of amides is 1. The van der Waals surface area contributed by atoms with Crippen molar-refractivity contribution < 1.29 is 4.79 Å². The summed E-state index contributed by atoms with van der Waals surface area (Å²) < 4.78 is 0. The van der Waals surface area contributed by atoms with Gasteiger partial charge in [-0.05, 0) is 18.2 Å². The summed E-state index contributed by atoms with van der Waals surface area (Å²) in [7, 11) is 0. The van der Waals surface area contributed by atoms with Gasteiger partial charge >= 0.3 is 0 Å². The van der Waals surface area contributed by atoms with Crippen molar-refractivity contribution in [2.45, 2.75) is 0 Å². The van der Waals surface area contributed by atoms with E-state index >= 15 is 0 Å². The molecule has 1 heterocycles. The zero-order valence-electron chi connectivity index (χ0n) is 9.77. The molecule has 2 aromatic rings. The zero-order chi connectivity index (χ0) is 13.7. The first kappa shape index (κ1) is 13.1. The van der Waals surface area contributed by atoms with E-state index in [1.807, 2.05) is 0 Å². The van der Waals surface area contributed by atoms with Crippen LogP contribution in [0.3, 0.4) is 0 Å². The Bertz CT molecular complexity index is 642. The lowest BCUT2D eigenvalue weighted by Crippen LogP contribution is -2.13. The van der Waals surface area contributed by atoms with Crippen molar-refractivity contribution in [3.8, 4) is 11.8 Å². The fourth-order valence-electron chi connectivity index (χ4n) is 1.37. The van der Waals surface area contributed by atoms with Gasteiger partial charge in [0.15, 0.2) is 5.69 Å². The first-order valence-electron chi connectivity index (χ1n) is 5.36. The van der Waals surface area contributed by atoms with Gasteiger partial charge in [-0.25, -0.2) is 0 Å². The first-order valence-corrected chi connectivity index (χ1v) is 5.74. The number of aromatic nitrogens is 3. The van der Waals surface area contributed by atoms with Crippen LogP contribution < -0.4 is 11.1 Å². The Hall–Kier alpha value is -2.36. The minimum atomic E-state index is -0.396. The van der Waals surface area contributed by atoms with Crippen molar-refractivity contribution in [2.24, 2.45) is 5.73 Å². The summed E-state index contributed by atoms with van der Waals surface area (Å²) in [6.07, 6.45) is 1.32. The number of benzene rings is 1. The Balaban J connectivity index is 2.28. The maximum Gasteiger partial charge on any atom is 0.277 e. The molecule has 1 aromatic heterocycles. The van der Waals surface area contributed by atoms with E-state index in [1.54, 1.807) is 18.2 Å². The molecule has 0 spiro atoms. The molecule has 96 valence electrons. The summed E-state index contributed by atoms with van der Waals surface area (Å²) >= 11 is 5.90. The van der Waals surface area contributed by atoms with Crippen LogP contribution in [0.4, 0.5) is 5.69 Å². The van der Waals surface area contributed by atoms with Crippen molar-refractivity contribution >= 4 is 23.2 Å². The number of halogens is 1. The highest BCUT2D eigenvalue weighted by Crippen LogP contribution is 2.20. The van der Waals surface area contributed by atoms with Gasteiger partial charge in [-0.1, -0.05) is 23.4 Å². The van der Waals surface area contributed by atoms with Crippen LogP contribution in [0.15, 0.2) is 24.4 Å². The Kier molecular flexibility index (Phi) is 4.13. The minimum absolute atomic E-state index is 0.178. The molecule has 4 N–H and O–H groups in total. The van der Waals surface area contributed by atoms with E-state index in [9.17, 15) is 4.79 Å². The standard InChI is InChI=1S/C12H10ClN5O/c13-9-4-3-8(2-1-5-14)10(6-9)16-12(19)11-7-15-18-17-11/h3-4,6-7H,5,14H2,(H,16,19)(H,15,17,18). The predicted octanol–water partition coefficient (Wildman–Crippen LogP) is 1.02. The van der Waals surface area contributed by atoms with E-state index in [0.29, 0.717) is 16.3 Å². The summed E-state index contributed by atoms with van der Waals surface area (Å²) in [5.41, 5.74) is 6.64. The lowest BCUT2D eigenvalue weighted by atomic mass is 10.1. The van der Waals surface area contributed by atoms with Crippen LogP contribution in [0.25, 0.3) is 0 Å². The number of hydrogen-bond acceptors (Lipinski definition) is 4. The normalized spacial score (nSPS) is 9.58. The fourth-order valence-corrected chi connectivity index (χ4v) is 1.54. The van der Waals surface area contributed by atoms with E-state index in [0.717, 1.165) is 0 Å². The van der Waals surface area contributed by atoms with E-state index in [1.165, 1.54) is 6.20 Å². The van der Waals surface area contributed by atoms with E-state index < -0.39 is 5.91 Å². The van der Waals surface area contributed by atoms with Crippen LogP contribution in [0.1, 0.15) is 16.1 Å². The molecule has 0 atom stereocenters. The topological polar surface area (TPSA) is 96.7 Å². The van der Waals surface area contributed by atoms with Crippen LogP contribution in [-0.2, 0) is 0 Å². The van der Waals surface area contributed by atoms with Crippen molar-refractivity contribution in [3.63, 3.8) is 0 Å². The Morgan fingerprint density at radius 3 is 3.05 bits per heavy atom. The molecule has 1 amide bonds. The smallest absolute Gasteiger partial charge is 0.277 e. The van der Waals surface area contributed by atoms with Crippen LogP contribution in [0, 0.1) is 11.8 Å². The summed E-state index contributed by atoms with van der Waals surface area (Å²) in [6, 6.07) is 5.01. The number of rotatable bonds is 2. The van der Waals surface area contributed by atoms with Crippen molar-refractivity contribution in [2.75, 3.05) is 11.9 Å². The van der Waals surface area contributed by atoms with Crippen LogP contribution in [0.5, 0.6) is 0 Å². The molecule has 0 saturated carbocycles. The van der Waals surface area contributed by atoms with E-state index in [4.69, 9.17) is 17.3 Å². The van der Waals surface area contributed by atoms with Gasteiger partial charge in [0.25, 0.3) is 5.91 Å². The molecule has 1 aromatic carbocycles. The Labute approximate surface area is 114 Å². The minimum Gasteiger partial charge on any atom is -0.320 e. The number of aromatic amines is 1. The summed E-state index contributed by atoms with van der Waals surface area (Å²) in [5, 5.41) is 12.8. The van der Waals surface area contributed by atoms with E-state index in [-0.39, 0.29) is 12.2 Å². The fraction of sp³-hybridized carbons (Fsp3) is 0.0833. The molecule has 0 bridgehead atoms. The van der Waals surface area contributed by atoms with E-state index in [2.05, 4.69) is 32.6 Å². The number of nitrogens with zero attached hydrogens (tertiary/aromatic N) is 2. The number of H-pyrrole nitrogens is 1. The van der Waals surface area contributed by atoms with Crippen molar-refractivity contribution in [3.05, 3.63) is 40.7 Å². The molecule has 0 aliphatic rings. The summed E-state index contributed by atoms with van der Waals surface area (Å²) in [6.45, 7) is 0.235. The summed E-state index contributed by atoms with van der Waals surface area (Å²) in [4.78, 5) is 11.9. The second-order valence-corrected chi connectivity index (χ2v) is 3.94. The average Bonchev–Trinajstić information content (AvgIpc) is 2.92. The molecule has 0 unspecified atom stereocenters. The highest BCUT2D eigenvalue weighted by Gasteiger charge is 2.11. The third-order valence-electron chi connectivity index (χ3n) is 2.20. The number of carbonyl (C=O) groups is 1. The number of anilines is 1. The van der Waals surface area contributed by atoms with Gasteiger partial charge in [0.05, 0.1) is 18.4 Å². The second-order valence-electron chi connectivity index (χ2n) is 3.51. The van der Waals surface area contributed by atoms with Crippen LogP contribution >= 0.6 is 11.6 Å². The molecule has 0 fully saturated rings. The van der Waals surface area contributed by atoms with Gasteiger partial charge in [0.2, 0.25) is 0 Å². The lowest BCUT2D eigenvalue weighted by molar-refractivity contribution is 0.102. The van der Waals surface area contributed by atoms with Gasteiger partial charge in [-0.15, -0.1) is 0 Å². The highest BCUT2D eigenvalue weighted by atomic mass is 35.5. The maximum absolute atomic E-state index is 11.9. The highest BCUT2D eigenvalue weighted by molar-refractivity contribution is 6.31.